The third kappa shape index (κ3) is 5.34. The summed E-state index contributed by atoms with van der Waals surface area (Å²) < 4.78 is 39.3. The lowest BCUT2D eigenvalue weighted by molar-refractivity contribution is -0.139. The maximum absolute atomic E-state index is 13.1. The second kappa shape index (κ2) is 8.04. The minimum Gasteiger partial charge on any atom is -0.480 e. The molecule has 0 radical (unpaired) electrons. The van der Waals surface area contributed by atoms with E-state index in [9.17, 15) is 27.9 Å². The van der Waals surface area contributed by atoms with Crippen molar-refractivity contribution < 1.29 is 27.9 Å². The zero-order valence-corrected chi connectivity index (χ0v) is 15.8. The number of amides is 1. The van der Waals surface area contributed by atoms with Crippen molar-refractivity contribution in [2.24, 2.45) is 0 Å². The molecule has 0 aliphatic heterocycles. The van der Waals surface area contributed by atoms with Gasteiger partial charge in [0.15, 0.2) is 0 Å². The molecule has 0 fully saturated rings. The van der Waals surface area contributed by atoms with E-state index in [0.717, 1.165) is 17.7 Å². The molecular formula is C21H22F3NO3. The molecule has 2 aromatic rings. The van der Waals surface area contributed by atoms with Crippen molar-refractivity contribution in [3.63, 3.8) is 0 Å². The van der Waals surface area contributed by atoms with Crippen molar-refractivity contribution in [1.82, 2.24) is 5.32 Å². The number of carboxylic acid groups (broad SMARTS) is 1. The first-order chi connectivity index (χ1) is 12.9. The lowest BCUT2D eigenvalue weighted by atomic mass is 9.86. The van der Waals surface area contributed by atoms with Gasteiger partial charge in [0.1, 0.15) is 6.04 Å². The molecule has 28 heavy (non-hydrogen) atoms. The molecule has 1 amide bonds. The SMILES string of the molecule is CC(C)(C)c1ccc(C[C@H](NC(=O)c2ccccc2C(F)(F)F)C(=O)O)cc1. The highest BCUT2D eigenvalue weighted by molar-refractivity contribution is 5.98. The van der Waals surface area contributed by atoms with E-state index in [1.807, 2.05) is 32.9 Å². The van der Waals surface area contributed by atoms with E-state index in [-0.39, 0.29) is 11.8 Å². The first-order valence-corrected chi connectivity index (χ1v) is 8.69. The molecule has 1 atom stereocenters. The number of aliphatic carboxylic acids is 1. The summed E-state index contributed by atoms with van der Waals surface area (Å²) in [6.45, 7) is 6.13. The Morgan fingerprint density at radius 3 is 2.07 bits per heavy atom. The summed E-state index contributed by atoms with van der Waals surface area (Å²) >= 11 is 0. The van der Waals surface area contributed by atoms with Gasteiger partial charge in [-0.05, 0) is 28.7 Å². The number of hydrogen-bond donors (Lipinski definition) is 2. The van der Waals surface area contributed by atoms with Gasteiger partial charge >= 0.3 is 12.1 Å². The highest BCUT2D eigenvalue weighted by atomic mass is 19.4. The summed E-state index contributed by atoms with van der Waals surface area (Å²) in [6, 6.07) is 10.2. The largest absolute Gasteiger partial charge is 0.480 e. The Morgan fingerprint density at radius 1 is 1.00 bits per heavy atom. The molecule has 0 bridgehead atoms. The Labute approximate surface area is 161 Å². The van der Waals surface area contributed by atoms with Crippen LogP contribution in [0, 0.1) is 0 Å². The Balaban J connectivity index is 2.20. The van der Waals surface area contributed by atoms with Gasteiger partial charge in [0, 0.05) is 6.42 Å². The number of carbonyl (C=O) groups is 2. The van der Waals surface area contributed by atoms with Crippen LogP contribution in [0.2, 0.25) is 0 Å². The van der Waals surface area contributed by atoms with Gasteiger partial charge in [-0.2, -0.15) is 13.2 Å². The number of rotatable bonds is 5. The number of benzene rings is 2. The van der Waals surface area contributed by atoms with Gasteiger partial charge in [0.25, 0.3) is 5.91 Å². The second-order valence-electron chi connectivity index (χ2n) is 7.56. The van der Waals surface area contributed by atoms with Crippen LogP contribution in [0.15, 0.2) is 48.5 Å². The van der Waals surface area contributed by atoms with Crippen LogP contribution < -0.4 is 5.32 Å². The highest BCUT2D eigenvalue weighted by Gasteiger charge is 2.35. The summed E-state index contributed by atoms with van der Waals surface area (Å²) in [4.78, 5) is 23.9. The molecule has 150 valence electrons. The fraction of sp³-hybridized carbons (Fsp3) is 0.333. The molecule has 0 saturated heterocycles. The molecule has 0 unspecified atom stereocenters. The van der Waals surface area contributed by atoms with Crippen LogP contribution in [-0.2, 0) is 22.8 Å². The first-order valence-electron chi connectivity index (χ1n) is 8.69. The van der Waals surface area contributed by atoms with Gasteiger partial charge < -0.3 is 10.4 Å². The van der Waals surface area contributed by atoms with Gasteiger partial charge in [-0.1, -0.05) is 57.2 Å². The average molecular weight is 393 g/mol. The molecule has 0 heterocycles. The van der Waals surface area contributed by atoms with E-state index in [4.69, 9.17) is 0 Å². The smallest absolute Gasteiger partial charge is 0.417 e. The van der Waals surface area contributed by atoms with E-state index >= 15 is 0 Å². The minimum atomic E-state index is -4.71. The third-order valence-corrected chi connectivity index (χ3v) is 4.34. The van der Waals surface area contributed by atoms with E-state index in [2.05, 4.69) is 5.32 Å². The summed E-state index contributed by atoms with van der Waals surface area (Å²) in [7, 11) is 0. The number of carboxylic acids is 1. The van der Waals surface area contributed by atoms with Gasteiger partial charge in [-0.25, -0.2) is 4.79 Å². The quantitative estimate of drug-likeness (QED) is 0.790. The van der Waals surface area contributed by atoms with Crippen molar-refractivity contribution in [2.45, 2.75) is 44.8 Å². The van der Waals surface area contributed by atoms with E-state index < -0.39 is 35.2 Å². The molecular weight excluding hydrogens is 371 g/mol. The first kappa shape index (κ1) is 21.5. The molecule has 2 rings (SSSR count). The summed E-state index contributed by atoms with van der Waals surface area (Å²) in [5.41, 5.74) is -0.0631. The van der Waals surface area contributed by atoms with Crippen LogP contribution in [0.5, 0.6) is 0 Å². The zero-order valence-electron chi connectivity index (χ0n) is 15.8. The van der Waals surface area contributed by atoms with Gasteiger partial charge in [-0.3, -0.25) is 4.79 Å². The van der Waals surface area contributed by atoms with Crippen molar-refractivity contribution in [2.75, 3.05) is 0 Å². The average Bonchev–Trinajstić information content (AvgIpc) is 2.60. The highest BCUT2D eigenvalue weighted by Crippen LogP contribution is 2.31. The van der Waals surface area contributed by atoms with Crippen LogP contribution in [0.4, 0.5) is 13.2 Å². The molecule has 2 aromatic carbocycles. The fourth-order valence-electron chi connectivity index (χ4n) is 2.74. The second-order valence-corrected chi connectivity index (χ2v) is 7.56. The monoisotopic (exact) mass is 393 g/mol. The topological polar surface area (TPSA) is 66.4 Å². The Kier molecular flexibility index (Phi) is 6.17. The van der Waals surface area contributed by atoms with Crippen LogP contribution in [0.3, 0.4) is 0 Å². The number of carbonyl (C=O) groups excluding carboxylic acids is 1. The molecule has 7 heteroatoms. The van der Waals surface area contributed by atoms with Crippen LogP contribution in [0.1, 0.15) is 47.8 Å². The maximum Gasteiger partial charge on any atom is 0.417 e. The predicted octanol–water partition coefficient (Wildman–Crippen LogP) is 4.43. The van der Waals surface area contributed by atoms with E-state index in [0.29, 0.717) is 5.56 Å². The van der Waals surface area contributed by atoms with Crippen LogP contribution in [-0.4, -0.2) is 23.0 Å². The van der Waals surface area contributed by atoms with Gasteiger partial charge in [-0.15, -0.1) is 0 Å². The Morgan fingerprint density at radius 2 is 1.57 bits per heavy atom. The lowest BCUT2D eigenvalue weighted by Crippen LogP contribution is -2.42. The van der Waals surface area contributed by atoms with E-state index in [1.54, 1.807) is 12.1 Å². The predicted molar refractivity (Wildman–Crippen MR) is 99.2 cm³/mol. The van der Waals surface area contributed by atoms with Gasteiger partial charge in [0.05, 0.1) is 11.1 Å². The molecule has 0 spiro atoms. The Bertz CT molecular complexity index is 852. The summed E-state index contributed by atoms with van der Waals surface area (Å²) in [5, 5.41) is 11.6. The van der Waals surface area contributed by atoms with Crippen molar-refractivity contribution in [1.29, 1.82) is 0 Å². The lowest BCUT2D eigenvalue weighted by Gasteiger charge is -2.20. The molecule has 0 saturated carbocycles. The van der Waals surface area contributed by atoms with Crippen molar-refractivity contribution in [3.8, 4) is 0 Å². The summed E-state index contributed by atoms with van der Waals surface area (Å²) in [6.07, 6.45) is -4.75. The molecule has 2 N–H and O–H groups in total. The Hall–Kier alpha value is -2.83. The normalized spacial score (nSPS) is 13.1. The van der Waals surface area contributed by atoms with Crippen molar-refractivity contribution >= 4 is 11.9 Å². The zero-order chi connectivity index (χ0) is 21.1. The number of alkyl halides is 3. The molecule has 0 aliphatic rings. The third-order valence-electron chi connectivity index (χ3n) is 4.34. The van der Waals surface area contributed by atoms with Gasteiger partial charge in [0.2, 0.25) is 0 Å². The van der Waals surface area contributed by atoms with Crippen molar-refractivity contribution in [3.05, 3.63) is 70.8 Å². The summed E-state index contributed by atoms with van der Waals surface area (Å²) in [5.74, 6) is -2.40. The molecule has 0 aromatic heterocycles. The minimum absolute atomic E-state index is 0.0420. The number of halogens is 3. The fourth-order valence-corrected chi connectivity index (χ4v) is 2.74. The molecule has 4 nitrogen and oxygen atoms in total. The molecule has 0 aliphatic carbocycles. The van der Waals surface area contributed by atoms with Crippen LogP contribution >= 0.6 is 0 Å². The standard InChI is InChI=1S/C21H22F3NO3/c1-20(2,3)14-10-8-13(9-11-14)12-17(19(27)28)25-18(26)15-6-4-5-7-16(15)21(22,23)24/h4-11,17H,12H2,1-3H3,(H,25,26)(H,27,28)/t17-/m0/s1. The number of nitrogens with one attached hydrogen (secondary N) is 1. The number of hydrogen-bond acceptors (Lipinski definition) is 2. The van der Waals surface area contributed by atoms with Crippen LogP contribution in [0.25, 0.3) is 0 Å². The van der Waals surface area contributed by atoms with E-state index in [1.165, 1.54) is 12.1 Å². The maximum atomic E-state index is 13.1.